The van der Waals surface area contributed by atoms with Crippen molar-refractivity contribution in [2.24, 2.45) is 5.92 Å². The van der Waals surface area contributed by atoms with Crippen LogP contribution in [0.5, 0.6) is 0 Å². The Hall–Kier alpha value is -1.61. The number of pyridine rings is 1. The summed E-state index contributed by atoms with van der Waals surface area (Å²) in [6, 6.07) is 9.22. The summed E-state index contributed by atoms with van der Waals surface area (Å²) in [6.45, 7) is 1.68. The van der Waals surface area contributed by atoms with E-state index >= 15 is 0 Å². The first kappa shape index (κ1) is 11.9. The third-order valence-electron chi connectivity index (χ3n) is 2.65. The van der Waals surface area contributed by atoms with Gasteiger partial charge >= 0.3 is 5.97 Å². The summed E-state index contributed by atoms with van der Waals surface area (Å²) in [5.41, 5.74) is 1.62. The van der Waals surface area contributed by atoms with Gasteiger partial charge in [-0.3, -0.25) is 9.78 Å². The molecule has 3 nitrogen and oxygen atoms in total. The minimum absolute atomic E-state index is 0.424. The van der Waals surface area contributed by atoms with Gasteiger partial charge in [-0.2, -0.15) is 0 Å². The van der Waals surface area contributed by atoms with Crippen LogP contribution in [0, 0.1) is 5.92 Å². The van der Waals surface area contributed by atoms with Crippen molar-refractivity contribution in [3.05, 3.63) is 41.0 Å². The second-order valence-corrected chi connectivity index (χ2v) is 4.52. The van der Waals surface area contributed by atoms with E-state index in [1.807, 2.05) is 24.3 Å². The molecule has 0 aliphatic rings. The number of aliphatic carboxylic acids is 1. The van der Waals surface area contributed by atoms with Gasteiger partial charge in [0, 0.05) is 22.5 Å². The van der Waals surface area contributed by atoms with Gasteiger partial charge in [0.1, 0.15) is 0 Å². The fourth-order valence-corrected chi connectivity index (χ4v) is 1.83. The maximum Gasteiger partial charge on any atom is 0.306 e. The Bertz CT molecular complexity index is 568. The number of aromatic nitrogens is 1. The van der Waals surface area contributed by atoms with Crippen molar-refractivity contribution < 1.29 is 9.90 Å². The fourth-order valence-electron chi connectivity index (χ4n) is 1.65. The molecule has 2 rings (SSSR count). The number of benzene rings is 1. The highest BCUT2D eigenvalue weighted by Crippen LogP contribution is 2.19. The Kier molecular flexibility index (Phi) is 3.29. The van der Waals surface area contributed by atoms with Crippen LogP contribution < -0.4 is 0 Å². The average Bonchev–Trinajstić information content (AvgIpc) is 2.29. The molecule has 0 amide bonds. The zero-order valence-electron chi connectivity index (χ0n) is 9.35. The molecule has 0 spiro atoms. The first-order chi connectivity index (χ1) is 8.06. The highest BCUT2D eigenvalue weighted by molar-refractivity contribution is 6.31. The van der Waals surface area contributed by atoms with Crippen LogP contribution >= 0.6 is 11.6 Å². The van der Waals surface area contributed by atoms with Crippen LogP contribution in [0.3, 0.4) is 0 Å². The third-order valence-corrected chi connectivity index (χ3v) is 2.88. The van der Waals surface area contributed by atoms with Gasteiger partial charge in [0.2, 0.25) is 0 Å². The number of carboxylic acids is 1. The molecule has 1 atom stereocenters. The lowest BCUT2D eigenvalue weighted by atomic mass is 10.0. The van der Waals surface area contributed by atoms with Crippen LogP contribution in [0.4, 0.5) is 0 Å². The molecular weight excluding hydrogens is 238 g/mol. The third kappa shape index (κ3) is 2.74. The topological polar surface area (TPSA) is 50.2 Å². The Morgan fingerprint density at radius 3 is 2.88 bits per heavy atom. The summed E-state index contributed by atoms with van der Waals surface area (Å²) in [6.07, 6.45) is 0.438. The highest BCUT2D eigenvalue weighted by atomic mass is 35.5. The number of nitrogens with zero attached hydrogens (tertiary/aromatic N) is 1. The number of fused-ring (bicyclic) bond motifs is 1. The largest absolute Gasteiger partial charge is 0.481 e. The minimum atomic E-state index is -0.803. The molecule has 2 aromatic rings. The summed E-state index contributed by atoms with van der Waals surface area (Å²) >= 11 is 5.88. The lowest BCUT2D eigenvalue weighted by Crippen LogP contribution is -2.12. The van der Waals surface area contributed by atoms with Gasteiger partial charge in [-0.15, -0.1) is 0 Å². The average molecular weight is 250 g/mol. The lowest BCUT2D eigenvalue weighted by Gasteiger charge is -2.06. The Morgan fingerprint density at radius 1 is 1.41 bits per heavy atom. The van der Waals surface area contributed by atoms with Crippen molar-refractivity contribution in [1.82, 2.24) is 4.98 Å². The van der Waals surface area contributed by atoms with Crippen molar-refractivity contribution >= 4 is 28.5 Å². The van der Waals surface area contributed by atoms with E-state index in [0.29, 0.717) is 11.4 Å². The fraction of sp³-hybridized carbons (Fsp3) is 0.231. The maximum absolute atomic E-state index is 10.8. The van der Waals surface area contributed by atoms with Gasteiger partial charge < -0.3 is 5.11 Å². The minimum Gasteiger partial charge on any atom is -0.481 e. The lowest BCUT2D eigenvalue weighted by molar-refractivity contribution is -0.141. The van der Waals surface area contributed by atoms with Crippen molar-refractivity contribution in [3.63, 3.8) is 0 Å². The number of carbonyl (C=O) groups is 1. The molecule has 1 N–H and O–H groups in total. The Labute approximate surface area is 104 Å². The second-order valence-electron chi connectivity index (χ2n) is 4.08. The summed E-state index contributed by atoms with van der Waals surface area (Å²) in [7, 11) is 0. The molecular formula is C13H12ClNO2. The molecule has 0 aliphatic heterocycles. The van der Waals surface area contributed by atoms with E-state index < -0.39 is 11.9 Å². The second kappa shape index (κ2) is 4.72. The molecule has 0 bridgehead atoms. The molecule has 0 fully saturated rings. The van der Waals surface area contributed by atoms with E-state index in [9.17, 15) is 4.79 Å². The van der Waals surface area contributed by atoms with E-state index in [1.54, 1.807) is 13.0 Å². The van der Waals surface area contributed by atoms with Crippen molar-refractivity contribution in [2.75, 3.05) is 0 Å². The molecule has 0 saturated heterocycles. The van der Waals surface area contributed by atoms with Gasteiger partial charge in [-0.25, -0.2) is 0 Å². The van der Waals surface area contributed by atoms with Crippen molar-refractivity contribution in [3.8, 4) is 0 Å². The van der Waals surface area contributed by atoms with Crippen LogP contribution in [0.25, 0.3) is 10.9 Å². The van der Waals surface area contributed by atoms with Crippen LogP contribution in [-0.4, -0.2) is 16.1 Å². The van der Waals surface area contributed by atoms with E-state index in [0.717, 1.165) is 16.6 Å². The molecule has 17 heavy (non-hydrogen) atoms. The van der Waals surface area contributed by atoms with E-state index in [1.165, 1.54) is 0 Å². The van der Waals surface area contributed by atoms with Gasteiger partial charge in [0.05, 0.1) is 11.4 Å². The number of hydrogen-bond donors (Lipinski definition) is 1. The first-order valence-electron chi connectivity index (χ1n) is 5.34. The standard InChI is InChI=1S/C13H12ClNO2/c1-8(13(16)17)6-11-4-2-9-7-10(14)3-5-12(9)15-11/h2-5,7-8H,6H2,1H3,(H,16,17). The Balaban J connectivity index is 2.32. The molecule has 88 valence electrons. The molecule has 1 unspecified atom stereocenters. The quantitative estimate of drug-likeness (QED) is 0.909. The predicted molar refractivity (Wildman–Crippen MR) is 67.3 cm³/mol. The van der Waals surface area contributed by atoms with Crippen molar-refractivity contribution in [2.45, 2.75) is 13.3 Å². The molecule has 1 aromatic carbocycles. The summed E-state index contributed by atoms with van der Waals surface area (Å²) in [5, 5.41) is 10.5. The zero-order valence-corrected chi connectivity index (χ0v) is 10.1. The molecule has 0 saturated carbocycles. The summed E-state index contributed by atoms with van der Waals surface area (Å²) in [5.74, 6) is -1.23. The summed E-state index contributed by atoms with van der Waals surface area (Å²) in [4.78, 5) is 15.2. The predicted octanol–water partition coefficient (Wildman–Crippen LogP) is 3.15. The number of carboxylic acid groups (broad SMARTS) is 1. The summed E-state index contributed by atoms with van der Waals surface area (Å²) < 4.78 is 0. The van der Waals surface area contributed by atoms with E-state index in [2.05, 4.69) is 4.98 Å². The van der Waals surface area contributed by atoms with Crippen molar-refractivity contribution in [1.29, 1.82) is 0 Å². The zero-order chi connectivity index (χ0) is 12.4. The molecule has 1 aromatic heterocycles. The van der Waals surface area contributed by atoms with Gasteiger partial charge in [0.15, 0.2) is 0 Å². The number of rotatable bonds is 3. The van der Waals surface area contributed by atoms with Crippen LogP contribution in [-0.2, 0) is 11.2 Å². The smallest absolute Gasteiger partial charge is 0.306 e. The van der Waals surface area contributed by atoms with Gasteiger partial charge in [-0.1, -0.05) is 24.6 Å². The molecule has 0 aliphatic carbocycles. The van der Waals surface area contributed by atoms with Crippen LogP contribution in [0.1, 0.15) is 12.6 Å². The maximum atomic E-state index is 10.8. The van der Waals surface area contributed by atoms with Gasteiger partial charge in [-0.05, 0) is 24.3 Å². The van der Waals surface area contributed by atoms with E-state index in [-0.39, 0.29) is 0 Å². The van der Waals surface area contributed by atoms with Crippen LogP contribution in [0.2, 0.25) is 5.02 Å². The first-order valence-corrected chi connectivity index (χ1v) is 5.72. The van der Waals surface area contributed by atoms with Crippen LogP contribution in [0.15, 0.2) is 30.3 Å². The highest BCUT2D eigenvalue weighted by Gasteiger charge is 2.12. The monoisotopic (exact) mass is 249 g/mol. The SMILES string of the molecule is CC(Cc1ccc2cc(Cl)ccc2n1)C(=O)O. The number of hydrogen-bond acceptors (Lipinski definition) is 2. The Morgan fingerprint density at radius 2 is 2.18 bits per heavy atom. The molecule has 1 heterocycles. The molecule has 0 radical (unpaired) electrons. The van der Waals surface area contributed by atoms with E-state index in [4.69, 9.17) is 16.7 Å². The molecule has 4 heteroatoms. The normalized spacial score (nSPS) is 12.6. The number of halogens is 1. The van der Waals surface area contributed by atoms with Gasteiger partial charge in [0.25, 0.3) is 0 Å².